The fourth-order valence-corrected chi connectivity index (χ4v) is 2.71. The molecule has 1 unspecified atom stereocenters. The summed E-state index contributed by atoms with van der Waals surface area (Å²) in [4.78, 5) is 23.5. The Morgan fingerprint density at radius 3 is 2.40 bits per heavy atom. The zero-order valence-electron chi connectivity index (χ0n) is 11.3. The number of carboxylic acids is 1. The molecule has 0 heterocycles. The van der Waals surface area contributed by atoms with Crippen LogP contribution >= 0.6 is 0 Å². The third-order valence-corrected chi connectivity index (χ3v) is 4.44. The van der Waals surface area contributed by atoms with Crippen molar-refractivity contribution in [3.63, 3.8) is 0 Å². The molecule has 2 aliphatic carbocycles. The number of benzene rings is 1. The van der Waals surface area contributed by atoms with Crippen LogP contribution in [0.5, 0.6) is 0 Å². The number of carboxylic acid groups (broad SMARTS) is 1. The molecule has 106 valence electrons. The van der Waals surface area contributed by atoms with E-state index in [1.807, 2.05) is 30.3 Å². The highest BCUT2D eigenvalue weighted by Crippen LogP contribution is 2.46. The summed E-state index contributed by atoms with van der Waals surface area (Å²) in [5.41, 5.74) is 0.341. The summed E-state index contributed by atoms with van der Waals surface area (Å²) in [7, 11) is 0. The molecule has 2 fully saturated rings. The lowest BCUT2D eigenvalue weighted by atomic mass is 9.93. The van der Waals surface area contributed by atoms with Crippen molar-refractivity contribution in [2.24, 2.45) is 11.3 Å². The predicted molar refractivity (Wildman–Crippen MR) is 74.2 cm³/mol. The minimum Gasteiger partial charge on any atom is -0.481 e. The lowest BCUT2D eigenvalue weighted by Gasteiger charge is -2.18. The number of rotatable bonds is 6. The van der Waals surface area contributed by atoms with E-state index in [1.54, 1.807) is 0 Å². The highest BCUT2D eigenvalue weighted by molar-refractivity contribution is 5.85. The van der Waals surface area contributed by atoms with Crippen molar-refractivity contribution in [3.05, 3.63) is 35.9 Å². The standard InChI is InChI=1S/C16H19NO3/c18-14(17-10-16(8-9-16)15(19)20)13(12-6-7-12)11-4-2-1-3-5-11/h1-5,12-13H,6-10H2,(H,17,18)(H,19,20). The van der Waals surface area contributed by atoms with Crippen LogP contribution in [-0.4, -0.2) is 23.5 Å². The van der Waals surface area contributed by atoms with Crippen LogP contribution in [0.1, 0.15) is 37.2 Å². The maximum absolute atomic E-state index is 12.4. The van der Waals surface area contributed by atoms with Gasteiger partial charge in [0.05, 0.1) is 11.3 Å². The number of carbonyl (C=O) groups excluding carboxylic acids is 1. The van der Waals surface area contributed by atoms with Gasteiger partial charge in [-0.25, -0.2) is 0 Å². The lowest BCUT2D eigenvalue weighted by molar-refractivity contribution is -0.143. The van der Waals surface area contributed by atoms with E-state index < -0.39 is 11.4 Å². The third-order valence-electron chi connectivity index (χ3n) is 4.44. The Labute approximate surface area is 118 Å². The van der Waals surface area contributed by atoms with Crippen molar-refractivity contribution >= 4 is 11.9 Å². The van der Waals surface area contributed by atoms with Gasteiger partial charge in [0, 0.05) is 6.54 Å². The molecule has 0 aromatic heterocycles. The maximum Gasteiger partial charge on any atom is 0.311 e. The summed E-state index contributed by atoms with van der Waals surface area (Å²) in [6, 6.07) is 9.78. The average molecular weight is 273 g/mol. The van der Waals surface area contributed by atoms with Crippen LogP contribution < -0.4 is 5.32 Å². The first-order chi connectivity index (χ1) is 9.62. The van der Waals surface area contributed by atoms with Gasteiger partial charge in [-0.15, -0.1) is 0 Å². The fourth-order valence-electron chi connectivity index (χ4n) is 2.71. The summed E-state index contributed by atoms with van der Waals surface area (Å²) in [5, 5.41) is 12.0. The Kier molecular flexibility index (Phi) is 3.24. The van der Waals surface area contributed by atoms with Gasteiger partial charge in [0.2, 0.25) is 5.91 Å². The van der Waals surface area contributed by atoms with Crippen molar-refractivity contribution in [3.8, 4) is 0 Å². The molecular formula is C16H19NO3. The second-order valence-electron chi connectivity index (χ2n) is 6.03. The molecule has 0 saturated heterocycles. The average Bonchev–Trinajstić information content (AvgIpc) is 3.33. The molecule has 20 heavy (non-hydrogen) atoms. The van der Waals surface area contributed by atoms with E-state index in [0.29, 0.717) is 18.8 Å². The van der Waals surface area contributed by atoms with E-state index in [9.17, 15) is 9.59 Å². The van der Waals surface area contributed by atoms with Gasteiger partial charge in [-0.1, -0.05) is 30.3 Å². The van der Waals surface area contributed by atoms with Crippen LogP contribution in [0.3, 0.4) is 0 Å². The van der Waals surface area contributed by atoms with E-state index in [-0.39, 0.29) is 18.4 Å². The minimum absolute atomic E-state index is 0.0220. The number of hydrogen-bond donors (Lipinski definition) is 2. The zero-order valence-corrected chi connectivity index (χ0v) is 11.3. The van der Waals surface area contributed by atoms with Crippen molar-refractivity contribution < 1.29 is 14.7 Å². The molecule has 2 N–H and O–H groups in total. The number of nitrogens with one attached hydrogen (secondary N) is 1. The molecule has 1 amide bonds. The van der Waals surface area contributed by atoms with Crippen LogP contribution in [0.15, 0.2) is 30.3 Å². The SMILES string of the molecule is O=C(NCC1(C(=O)O)CC1)C(c1ccccc1)C1CC1. The Balaban J connectivity index is 1.66. The number of amides is 1. The van der Waals surface area contributed by atoms with Crippen LogP contribution in [0, 0.1) is 11.3 Å². The van der Waals surface area contributed by atoms with E-state index in [0.717, 1.165) is 18.4 Å². The van der Waals surface area contributed by atoms with Crippen LogP contribution in [-0.2, 0) is 9.59 Å². The van der Waals surface area contributed by atoms with Crippen molar-refractivity contribution in [1.29, 1.82) is 0 Å². The first-order valence-electron chi connectivity index (χ1n) is 7.18. The van der Waals surface area contributed by atoms with Gasteiger partial charge in [-0.2, -0.15) is 0 Å². The van der Waals surface area contributed by atoms with Gasteiger partial charge in [-0.05, 0) is 37.2 Å². The second-order valence-corrected chi connectivity index (χ2v) is 6.03. The van der Waals surface area contributed by atoms with Crippen LogP contribution in [0.25, 0.3) is 0 Å². The number of aliphatic carboxylic acids is 1. The molecule has 4 nitrogen and oxygen atoms in total. The molecular weight excluding hydrogens is 254 g/mol. The summed E-state index contributed by atoms with van der Waals surface area (Å²) >= 11 is 0. The monoisotopic (exact) mass is 273 g/mol. The van der Waals surface area contributed by atoms with Gasteiger partial charge < -0.3 is 10.4 Å². The number of carbonyl (C=O) groups is 2. The highest BCUT2D eigenvalue weighted by Gasteiger charge is 2.50. The molecule has 0 aliphatic heterocycles. The second kappa shape index (κ2) is 4.93. The van der Waals surface area contributed by atoms with Crippen LogP contribution in [0.2, 0.25) is 0 Å². The fraction of sp³-hybridized carbons (Fsp3) is 0.500. The highest BCUT2D eigenvalue weighted by atomic mass is 16.4. The molecule has 1 atom stereocenters. The Bertz CT molecular complexity index is 518. The summed E-state index contributed by atoms with van der Waals surface area (Å²) in [5.74, 6) is -0.523. The van der Waals surface area contributed by atoms with Gasteiger partial charge >= 0.3 is 5.97 Å². The largest absolute Gasteiger partial charge is 0.481 e. The minimum atomic E-state index is -0.791. The van der Waals surface area contributed by atoms with Gasteiger partial charge in [0.25, 0.3) is 0 Å². The molecule has 1 aromatic carbocycles. The Morgan fingerprint density at radius 2 is 1.90 bits per heavy atom. The Morgan fingerprint density at radius 1 is 1.25 bits per heavy atom. The van der Waals surface area contributed by atoms with Gasteiger partial charge in [-0.3, -0.25) is 9.59 Å². The molecule has 0 spiro atoms. The van der Waals surface area contributed by atoms with E-state index in [1.165, 1.54) is 0 Å². The lowest BCUT2D eigenvalue weighted by Crippen LogP contribution is -2.37. The molecule has 2 aliphatic rings. The van der Waals surface area contributed by atoms with Crippen molar-refractivity contribution in [1.82, 2.24) is 5.32 Å². The van der Waals surface area contributed by atoms with Crippen molar-refractivity contribution in [2.75, 3.05) is 6.54 Å². The maximum atomic E-state index is 12.4. The van der Waals surface area contributed by atoms with E-state index in [2.05, 4.69) is 5.32 Å². The first kappa shape index (κ1) is 13.2. The summed E-state index contributed by atoms with van der Waals surface area (Å²) < 4.78 is 0. The quantitative estimate of drug-likeness (QED) is 0.834. The topological polar surface area (TPSA) is 66.4 Å². The predicted octanol–water partition coefficient (Wildman–Crippen LogP) is 2.16. The third kappa shape index (κ3) is 2.55. The molecule has 4 heteroatoms. The number of hydrogen-bond acceptors (Lipinski definition) is 2. The smallest absolute Gasteiger partial charge is 0.311 e. The molecule has 2 saturated carbocycles. The van der Waals surface area contributed by atoms with Crippen LogP contribution in [0.4, 0.5) is 0 Å². The Hall–Kier alpha value is -1.84. The van der Waals surface area contributed by atoms with E-state index >= 15 is 0 Å². The summed E-state index contributed by atoms with van der Waals surface area (Å²) in [6.07, 6.45) is 3.50. The van der Waals surface area contributed by atoms with Crippen molar-refractivity contribution in [2.45, 2.75) is 31.6 Å². The van der Waals surface area contributed by atoms with Gasteiger partial charge in [0.15, 0.2) is 0 Å². The van der Waals surface area contributed by atoms with Gasteiger partial charge in [0.1, 0.15) is 0 Å². The molecule has 3 rings (SSSR count). The summed E-state index contributed by atoms with van der Waals surface area (Å²) in [6.45, 7) is 0.261. The first-order valence-corrected chi connectivity index (χ1v) is 7.18. The molecule has 1 aromatic rings. The normalized spacial score (nSPS) is 21.0. The van der Waals surface area contributed by atoms with E-state index in [4.69, 9.17) is 5.11 Å². The zero-order chi connectivity index (χ0) is 14.2. The molecule has 0 bridgehead atoms. The molecule has 0 radical (unpaired) electrons.